The van der Waals surface area contributed by atoms with Gasteiger partial charge in [-0.1, -0.05) is 11.8 Å². The molecule has 0 fully saturated rings. The lowest BCUT2D eigenvalue weighted by Gasteiger charge is -2.29. The van der Waals surface area contributed by atoms with E-state index >= 15 is 0 Å². The number of halogens is 5. The molecule has 0 N–H and O–H groups in total. The number of rotatable bonds is 4. The molecule has 2 aromatic carbocycles. The lowest BCUT2D eigenvalue weighted by molar-refractivity contribution is -0.137. The summed E-state index contributed by atoms with van der Waals surface area (Å²) < 4.78 is 71.9. The number of ether oxygens (including phenoxy) is 1. The summed E-state index contributed by atoms with van der Waals surface area (Å²) in [6, 6.07) is 6.69. The van der Waals surface area contributed by atoms with E-state index in [0.717, 1.165) is 36.4 Å². The molecule has 4 rings (SSSR count). The van der Waals surface area contributed by atoms with Crippen LogP contribution in [0, 0.1) is 11.6 Å². The van der Waals surface area contributed by atoms with Gasteiger partial charge in [0.25, 0.3) is 5.91 Å². The van der Waals surface area contributed by atoms with Crippen molar-refractivity contribution in [3.8, 4) is 5.75 Å². The van der Waals surface area contributed by atoms with E-state index in [4.69, 9.17) is 4.74 Å². The van der Waals surface area contributed by atoms with Gasteiger partial charge < -0.3 is 4.74 Å². The van der Waals surface area contributed by atoms with E-state index in [2.05, 4.69) is 10.2 Å². The number of fused-ring (bicyclic) bond motifs is 1. The number of hydrogen-bond donors (Lipinski definition) is 0. The van der Waals surface area contributed by atoms with E-state index in [1.165, 1.54) is 21.4 Å². The molecule has 1 aromatic heterocycles. The maximum atomic E-state index is 13.8. The molecule has 0 saturated heterocycles. The average molecular weight is 456 g/mol. The van der Waals surface area contributed by atoms with Gasteiger partial charge in [-0.2, -0.15) is 13.2 Å². The Morgan fingerprint density at radius 3 is 2.52 bits per heavy atom. The fourth-order valence-electron chi connectivity index (χ4n) is 2.92. The van der Waals surface area contributed by atoms with Gasteiger partial charge in [-0.3, -0.25) is 4.79 Å². The van der Waals surface area contributed by atoms with Crippen LogP contribution in [-0.2, 0) is 12.8 Å². The molecule has 0 aliphatic carbocycles. The Balaban J connectivity index is 1.57. The van der Waals surface area contributed by atoms with E-state index in [1.807, 2.05) is 0 Å². The number of benzene rings is 2. The second kappa shape index (κ2) is 8.17. The minimum atomic E-state index is -4.51. The molecule has 6 nitrogen and oxygen atoms in total. The molecule has 162 valence electrons. The molecular formula is C19H13F5N4O2S. The zero-order valence-corrected chi connectivity index (χ0v) is 16.4. The Bertz CT molecular complexity index is 1120. The standard InChI is InChI=1S/C19H13F5N4O2S/c20-13-5-6-15(14(21)9-13)30-10-16-25-26-18-28(16)27(7-8-31-18)17(29)11-1-3-12(4-2-11)19(22,23)24/h1-6,9H,7-8,10H2. The molecule has 0 saturated carbocycles. The van der Waals surface area contributed by atoms with Crippen LogP contribution in [-0.4, -0.2) is 33.1 Å². The Labute approximate surface area is 176 Å². The fourth-order valence-corrected chi connectivity index (χ4v) is 3.79. The third-order valence-corrected chi connectivity index (χ3v) is 5.30. The largest absolute Gasteiger partial charge is 0.482 e. The molecule has 3 aromatic rings. The van der Waals surface area contributed by atoms with E-state index in [0.29, 0.717) is 17.0 Å². The molecule has 1 amide bonds. The summed E-state index contributed by atoms with van der Waals surface area (Å²) in [5.74, 6) is -1.74. The third-order valence-electron chi connectivity index (χ3n) is 4.40. The van der Waals surface area contributed by atoms with Gasteiger partial charge >= 0.3 is 6.18 Å². The smallest absolute Gasteiger partial charge is 0.416 e. The molecule has 31 heavy (non-hydrogen) atoms. The second-order valence-electron chi connectivity index (χ2n) is 6.43. The van der Waals surface area contributed by atoms with Crippen LogP contribution in [0.25, 0.3) is 0 Å². The minimum Gasteiger partial charge on any atom is -0.482 e. The van der Waals surface area contributed by atoms with Crippen LogP contribution >= 0.6 is 11.8 Å². The number of carbonyl (C=O) groups is 1. The number of hydrogen-bond acceptors (Lipinski definition) is 5. The molecule has 0 spiro atoms. The number of nitrogens with zero attached hydrogens (tertiary/aromatic N) is 4. The number of carbonyl (C=O) groups excluding carboxylic acids is 1. The molecule has 0 bridgehead atoms. The average Bonchev–Trinajstić information content (AvgIpc) is 3.15. The van der Waals surface area contributed by atoms with Crippen LogP contribution in [0.4, 0.5) is 22.0 Å². The van der Waals surface area contributed by atoms with Gasteiger partial charge in [0.15, 0.2) is 17.4 Å². The zero-order chi connectivity index (χ0) is 22.2. The monoisotopic (exact) mass is 456 g/mol. The molecule has 0 radical (unpaired) electrons. The summed E-state index contributed by atoms with van der Waals surface area (Å²) in [7, 11) is 0. The summed E-state index contributed by atoms with van der Waals surface area (Å²) in [6.07, 6.45) is -4.51. The highest BCUT2D eigenvalue weighted by molar-refractivity contribution is 7.99. The Morgan fingerprint density at radius 2 is 1.84 bits per heavy atom. The topological polar surface area (TPSA) is 60.3 Å². The quantitative estimate of drug-likeness (QED) is 0.555. The van der Waals surface area contributed by atoms with Gasteiger partial charge in [0.1, 0.15) is 12.4 Å². The summed E-state index contributed by atoms with van der Waals surface area (Å²) in [4.78, 5) is 13.0. The van der Waals surface area contributed by atoms with E-state index in [-0.39, 0.29) is 30.3 Å². The van der Waals surface area contributed by atoms with Crippen LogP contribution < -0.4 is 9.75 Å². The first-order valence-corrected chi connectivity index (χ1v) is 9.87. The summed E-state index contributed by atoms with van der Waals surface area (Å²) in [5.41, 5.74) is -0.811. The van der Waals surface area contributed by atoms with E-state index < -0.39 is 29.3 Å². The predicted molar refractivity (Wildman–Crippen MR) is 100 cm³/mol. The molecule has 12 heteroatoms. The molecule has 2 heterocycles. The van der Waals surface area contributed by atoms with Crippen LogP contribution in [0.1, 0.15) is 21.7 Å². The molecule has 1 aliphatic heterocycles. The number of amides is 1. The number of alkyl halides is 3. The fraction of sp³-hybridized carbons (Fsp3) is 0.211. The van der Waals surface area contributed by atoms with Crippen molar-refractivity contribution in [3.63, 3.8) is 0 Å². The van der Waals surface area contributed by atoms with Gasteiger partial charge in [0, 0.05) is 17.4 Å². The van der Waals surface area contributed by atoms with Gasteiger partial charge in [-0.05, 0) is 36.4 Å². The molecule has 0 unspecified atom stereocenters. The first kappa shape index (κ1) is 21.1. The first-order valence-electron chi connectivity index (χ1n) is 8.88. The summed E-state index contributed by atoms with van der Waals surface area (Å²) in [6.45, 7) is -0.0274. The van der Waals surface area contributed by atoms with Crippen LogP contribution in [0.15, 0.2) is 47.6 Å². The molecular weight excluding hydrogens is 443 g/mol. The van der Waals surface area contributed by atoms with Gasteiger partial charge in [0.05, 0.1) is 12.1 Å². The Morgan fingerprint density at radius 1 is 1.10 bits per heavy atom. The highest BCUT2D eigenvalue weighted by Crippen LogP contribution is 2.30. The Kier molecular flexibility index (Phi) is 5.56. The van der Waals surface area contributed by atoms with Crippen molar-refractivity contribution in [3.05, 3.63) is 71.1 Å². The van der Waals surface area contributed by atoms with E-state index in [1.54, 1.807) is 0 Å². The predicted octanol–water partition coefficient (Wildman–Crippen LogP) is 4.04. The maximum Gasteiger partial charge on any atom is 0.416 e. The second-order valence-corrected chi connectivity index (χ2v) is 7.49. The van der Waals surface area contributed by atoms with E-state index in [9.17, 15) is 26.7 Å². The number of thioether (sulfide) groups is 1. The van der Waals surface area contributed by atoms with Crippen molar-refractivity contribution in [2.45, 2.75) is 17.9 Å². The molecule has 0 atom stereocenters. The first-order chi connectivity index (χ1) is 14.7. The zero-order valence-electron chi connectivity index (χ0n) is 15.6. The minimum absolute atomic E-state index is 0.0518. The van der Waals surface area contributed by atoms with Crippen molar-refractivity contribution in [1.29, 1.82) is 0 Å². The normalized spacial score (nSPS) is 13.8. The summed E-state index contributed by atoms with van der Waals surface area (Å²) >= 11 is 1.33. The van der Waals surface area contributed by atoms with Crippen LogP contribution in [0.3, 0.4) is 0 Å². The van der Waals surface area contributed by atoms with Crippen molar-refractivity contribution in [2.24, 2.45) is 0 Å². The Hall–Kier alpha value is -3.15. The SMILES string of the molecule is O=C(c1ccc(C(F)(F)F)cc1)N1CCSc2nnc(COc3ccc(F)cc3F)n21. The van der Waals surface area contributed by atoms with Gasteiger partial charge in [-0.25, -0.2) is 18.5 Å². The third kappa shape index (κ3) is 4.33. The van der Waals surface area contributed by atoms with Crippen molar-refractivity contribution >= 4 is 17.7 Å². The van der Waals surface area contributed by atoms with Crippen LogP contribution in [0.2, 0.25) is 0 Å². The summed E-state index contributed by atoms with van der Waals surface area (Å²) in [5, 5.41) is 9.60. The van der Waals surface area contributed by atoms with Crippen molar-refractivity contribution in [2.75, 3.05) is 17.3 Å². The van der Waals surface area contributed by atoms with Crippen molar-refractivity contribution < 1.29 is 31.5 Å². The highest BCUT2D eigenvalue weighted by atomic mass is 32.2. The lowest BCUT2D eigenvalue weighted by Crippen LogP contribution is -2.45. The van der Waals surface area contributed by atoms with Crippen LogP contribution in [0.5, 0.6) is 5.75 Å². The maximum absolute atomic E-state index is 13.8. The van der Waals surface area contributed by atoms with Crippen molar-refractivity contribution in [1.82, 2.24) is 14.9 Å². The lowest BCUT2D eigenvalue weighted by atomic mass is 10.1. The molecule has 1 aliphatic rings. The van der Waals surface area contributed by atoms with Gasteiger partial charge in [0.2, 0.25) is 5.16 Å². The van der Waals surface area contributed by atoms with Gasteiger partial charge in [-0.15, -0.1) is 10.2 Å². The number of aromatic nitrogens is 3. The highest BCUT2D eigenvalue weighted by Gasteiger charge is 2.32.